The molecule has 0 spiro atoms. The molecule has 0 radical (unpaired) electrons. The molecule has 1 aromatic carbocycles. The van der Waals surface area contributed by atoms with Gasteiger partial charge < -0.3 is 31.5 Å². The van der Waals surface area contributed by atoms with Gasteiger partial charge in [-0.05, 0) is 6.07 Å². The Balaban J connectivity index is 1.39. The van der Waals surface area contributed by atoms with Gasteiger partial charge in [-0.3, -0.25) is 14.5 Å². The molecular formula is C23H21N7O5S2. The van der Waals surface area contributed by atoms with Crippen molar-refractivity contribution >= 4 is 68.3 Å². The molecule has 0 aliphatic carbocycles. The lowest BCUT2D eigenvalue weighted by atomic mass is 10.0. The number of pyridine rings is 1. The summed E-state index contributed by atoms with van der Waals surface area (Å²) in [4.78, 5) is 48.1. The number of thioether (sulfide) groups is 1. The van der Waals surface area contributed by atoms with Crippen LogP contribution in [0.3, 0.4) is 0 Å². The summed E-state index contributed by atoms with van der Waals surface area (Å²) in [5.41, 5.74) is 13.5. The Hall–Kier alpha value is -4.17. The molecule has 3 aromatic rings. The number of oxime groups is 1. The molecule has 2 aliphatic heterocycles. The molecular weight excluding hydrogens is 518 g/mol. The van der Waals surface area contributed by atoms with E-state index in [0.29, 0.717) is 17.0 Å². The molecule has 2 aromatic heterocycles. The van der Waals surface area contributed by atoms with E-state index < -0.39 is 29.2 Å². The normalized spacial score (nSPS) is 19.4. The predicted octanol–water partition coefficient (Wildman–Crippen LogP) is -0.797. The van der Waals surface area contributed by atoms with Crippen LogP contribution in [0.1, 0.15) is 5.69 Å². The van der Waals surface area contributed by atoms with Crippen LogP contribution in [-0.4, -0.2) is 57.7 Å². The van der Waals surface area contributed by atoms with Crippen molar-refractivity contribution in [3.63, 3.8) is 0 Å². The topological polar surface area (TPSA) is 180 Å². The second-order valence-corrected chi connectivity index (χ2v) is 10.2. The Morgan fingerprint density at radius 3 is 2.81 bits per heavy atom. The highest BCUT2D eigenvalue weighted by Crippen LogP contribution is 2.40. The molecule has 5 rings (SSSR count). The van der Waals surface area contributed by atoms with Crippen molar-refractivity contribution in [1.29, 1.82) is 0 Å². The van der Waals surface area contributed by atoms with Crippen molar-refractivity contribution in [3.8, 4) is 0 Å². The molecule has 14 heteroatoms. The van der Waals surface area contributed by atoms with E-state index in [2.05, 4.69) is 15.5 Å². The van der Waals surface area contributed by atoms with Gasteiger partial charge in [-0.25, -0.2) is 4.98 Å². The lowest BCUT2D eigenvalue weighted by molar-refractivity contribution is -0.663. The van der Waals surface area contributed by atoms with Crippen molar-refractivity contribution in [2.75, 3.05) is 24.3 Å². The third kappa shape index (κ3) is 4.34. The predicted molar refractivity (Wildman–Crippen MR) is 136 cm³/mol. The molecule has 1 fully saturated rings. The van der Waals surface area contributed by atoms with Gasteiger partial charge in [-0.2, -0.15) is 4.57 Å². The third-order valence-electron chi connectivity index (χ3n) is 6.01. The molecule has 1 saturated heterocycles. The summed E-state index contributed by atoms with van der Waals surface area (Å²) in [7, 11) is 1.27. The van der Waals surface area contributed by atoms with E-state index in [-0.39, 0.29) is 28.8 Å². The van der Waals surface area contributed by atoms with Crippen LogP contribution in [-0.2, 0) is 25.8 Å². The van der Waals surface area contributed by atoms with Crippen LogP contribution in [0.2, 0.25) is 0 Å². The number of nitrogens with zero attached hydrogens (tertiary/aromatic N) is 4. The summed E-state index contributed by atoms with van der Waals surface area (Å²) < 4.78 is 1.88. The number of nitrogens with two attached hydrogens (primary N) is 2. The van der Waals surface area contributed by atoms with Crippen molar-refractivity contribution < 1.29 is 28.9 Å². The fourth-order valence-electron chi connectivity index (χ4n) is 4.35. The number of anilines is 2. The molecule has 37 heavy (non-hydrogen) atoms. The number of nitrogens with one attached hydrogen (secondary N) is 1. The molecule has 4 heterocycles. The number of hydrogen-bond acceptors (Lipinski definition) is 11. The average Bonchev–Trinajstić information content (AvgIpc) is 3.32. The SMILES string of the molecule is CO/N=C(/C(=O)NC1C(=O)N2C(C(=O)[O-])=C(C[n+]3ccc(N)c4ccccc43)CSC12)c1csc(N)n1. The van der Waals surface area contributed by atoms with E-state index in [1.54, 1.807) is 17.6 Å². The Kier molecular flexibility index (Phi) is 6.43. The molecule has 12 nitrogen and oxygen atoms in total. The molecule has 190 valence electrons. The van der Waals surface area contributed by atoms with Gasteiger partial charge in [0.1, 0.15) is 24.2 Å². The summed E-state index contributed by atoms with van der Waals surface area (Å²) in [6, 6.07) is 8.29. The minimum Gasteiger partial charge on any atom is -0.543 e. The Morgan fingerprint density at radius 1 is 1.32 bits per heavy atom. The number of carbonyl (C=O) groups is 3. The number of benzene rings is 1. The molecule has 2 unspecified atom stereocenters. The first kappa shape index (κ1) is 24.5. The number of para-hydroxylation sites is 1. The van der Waals surface area contributed by atoms with Crippen LogP contribution < -0.4 is 26.5 Å². The van der Waals surface area contributed by atoms with E-state index in [1.165, 1.54) is 18.9 Å². The molecule has 2 aliphatic rings. The number of β-lactam (4-membered cyclic amide) rings is 1. The number of carbonyl (C=O) groups excluding carboxylic acids is 3. The maximum Gasteiger partial charge on any atom is 0.276 e. The quantitative estimate of drug-likeness (QED) is 0.150. The van der Waals surface area contributed by atoms with Crippen LogP contribution in [0.15, 0.2) is 58.3 Å². The maximum absolute atomic E-state index is 13.1. The maximum atomic E-state index is 13.1. The van der Waals surface area contributed by atoms with Gasteiger partial charge in [0.05, 0.1) is 22.7 Å². The zero-order valence-electron chi connectivity index (χ0n) is 19.4. The molecule has 5 N–H and O–H groups in total. The minimum atomic E-state index is -1.46. The Bertz CT molecular complexity index is 1500. The fraction of sp³-hybridized carbons (Fsp3) is 0.217. The Morgan fingerprint density at radius 2 is 2.11 bits per heavy atom. The highest BCUT2D eigenvalue weighted by molar-refractivity contribution is 8.00. The number of nitrogen functional groups attached to an aromatic ring is 2. The van der Waals surface area contributed by atoms with E-state index in [4.69, 9.17) is 16.3 Å². The van der Waals surface area contributed by atoms with Crippen LogP contribution in [0.25, 0.3) is 10.9 Å². The Labute approximate surface area is 218 Å². The number of rotatable bonds is 7. The highest BCUT2D eigenvalue weighted by atomic mass is 32.2. The first-order valence-electron chi connectivity index (χ1n) is 11.0. The number of carboxylic acid groups (broad SMARTS) is 1. The van der Waals surface area contributed by atoms with Gasteiger partial charge in [0, 0.05) is 28.8 Å². The van der Waals surface area contributed by atoms with Crippen LogP contribution in [0.5, 0.6) is 0 Å². The summed E-state index contributed by atoms with van der Waals surface area (Å²) >= 11 is 2.47. The number of fused-ring (bicyclic) bond motifs is 2. The largest absolute Gasteiger partial charge is 0.543 e. The van der Waals surface area contributed by atoms with Crippen LogP contribution in [0, 0.1) is 0 Å². The van der Waals surface area contributed by atoms with E-state index in [1.807, 2.05) is 28.8 Å². The van der Waals surface area contributed by atoms with Crippen LogP contribution in [0.4, 0.5) is 10.8 Å². The highest BCUT2D eigenvalue weighted by Gasteiger charge is 2.53. The summed E-state index contributed by atoms with van der Waals surface area (Å²) in [6.45, 7) is 0.223. The lowest BCUT2D eigenvalue weighted by Gasteiger charge is -2.50. The van der Waals surface area contributed by atoms with Crippen molar-refractivity contribution in [2.24, 2.45) is 5.16 Å². The third-order valence-corrected chi connectivity index (χ3v) is 8.02. The summed E-state index contributed by atoms with van der Waals surface area (Å²) in [5, 5.41) is 20.5. The molecule has 0 saturated carbocycles. The second-order valence-electron chi connectivity index (χ2n) is 8.21. The van der Waals surface area contributed by atoms with Crippen LogP contribution >= 0.6 is 23.1 Å². The fourth-order valence-corrected chi connectivity index (χ4v) is 6.23. The number of aliphatic carboxylic acids is 1. The first-order valence-corrected chi connectivity index (χ1v) is 12.9. The van der Waals surface area contributed by atoms with Gasteiger partial charge in [-0.1, -0.05) is 17.3 Å². The monoisotopic (exact) mass is 539 g/mol. The van der Waals surface area contributed by atoms with Gasteiger partial charge in [-0.15, -0.1) is 23.1 Å². The van der Waals surface area contributed by atoms with Crippen molar-refractivity contribution in [1.82, 2.24) is 15.2 Å². The van der Waals surface area contributed by atoms with E-state index in [9.17, 15) is 19.5 Å². The number of aromatic nitrogens is 2. The second kappa shape index (κ2) is 9.71. The van der Waals surface area contributed by atoms with E-state index in [0.717, 1.165) is 27.1 Å². The molecule has 2 atom stereocenters. The first-order chi connectivity index (χ1) is 17.8. The van der Waals surface area contributed by atoms with Gasteiger partial charge >= 0.3 is 0 Å². The minimum absolute atomic E-state index is 0.148. The average molecular weight is 540 g/mol. The zero-order valence-corrected chi connectivity index (χ0v) is 21.0. The number of amides is 2. The summed E-state index contributed by atoms with van der Waals surface area (Å²) in [6.07, 6.45) is 1.77. The molecule has 2 amide bonds. The smallest absolute Gasteiger partial charge is 0.276 e. The lowest BCUT2D eigenvalue weighted by Crippen LogP contribution is -2.71. The van der Waals surface area contributed by atoms with Gasteiger partial charge in [0.25, 0.3) is 11.8 Å². The summed E-state index contributed by atoms with van der Waals surface area (Å²) in [5.74, 6) is -2.40. The van der Waals surface area contributed by atoms with Gasteiger partial charge in [0.2, 0.25) is 5.52 Å². The number of thiazole rings is 1. The van der Waals surface area contributed by atoms with E-state index >= 15 is 0 Å². The zero-order chi connectivity index (χ0) is 26.3. The van der Waals surface area contributed by atoms with Crippen molar-refractivity contribution in [2.45, 2.75) is 18.0 Å². The number of carboxylic acids is 1. The number of hydrogen-bond donors (Lipinski definition) is 3. The van der Waals surface area contributed by atoms with Gasteiger partial charge in [0.15, 0.2) is 23.6 Å². The molecule has 0 bridgehead atoms. The standard InChI is InChI=1S/C23H21N7O5S2/c1-35-28-16(14-10-37-23(25)26-14)19(31)27-17-20(32)30-18(22(33)34)11(9-36-21(17)30)8-29-7-6-13(24)12-4-2-3-5-15(12)29/h2-7,10,17,21,24H,8-9H2,1H3,(H4,25,26,27,31,33,34)/b28-16+. The van der Waals surface area contributed by atoms with Crippen molar-refractivity contribution in [3.05, 3.63) is 58.9 Å².